The second kappa shape index (κ2) is 11.6. The summed E-state index contributed by atoms with van der Waals surface area (Å²) in [5, 5.41) is 9.90. The summed E-state index contributed by atoms with van der Waals surface area (Å²) in [5.41, 5.74) is 0.486. The van der Waals surface area contributed by atoms with Gasteiger partial charge in [-0.2, -0.15) is 0 Å². The van der Waals surface area contributed by atoms with Gasteiger partial charge >= 0.3 is 6.09 Å². The molecular weight excluding hydrogens is 366 g/mol. The Morgan fingerprint density at radius 2 is 2.07 bits per heavy atom. The number of hydrogen-bond acceptors (Lipinski definition) is 4. The first kappa shape index (κ1) is 23.0. The van der Waals surface area contributed by atoms with Crippen molar-refractivity contribution in [1.82, 2.24) is 20.9 Å². The normalized spacial score (nSPS) is 13.0. The van der Waals surface area contributed by atoms with Crippen LogP contribution in [0.3, 0.4) is 0 Å². The van der Waals surface area contributed by atoms with Crippen LogP contribution in [0.15, 0.2) is 23.3 Å². The third-order valence-corrected chi connectivity index (χ3v) is 3.83. The molecule has 0 aliphatic rings. The van der Waals surface area contributed by atoms with Gasteiger partial charge in [-0.15, -0.1) is 0 Å². The van der Waals surface area contributed by atoms with Crippen LogP contribution in [-0.4, -0.2) is 42.3 Å². The van der Waals surface area contributed by atoms with Gasteiger partial charge in [0.2, 0.25) is 0 Å². The summed E-state index contributed by atoms with van der Waals surface area (Å²) in [7, 11) is 1.72. The Kier molecular flexibility index (Phi) is 9.93. The minimum atomic E-state index is -0.513. The second-order valence-corrected chi connectivity index (χ2v) is 7.67. The molecule has 1 atom stereocenters. The number of carbonyl (C=O) groups is 1. The van der Waals surface area contributed by atoms with Crippen molar-refractivity contribution < 1.29 is 9.53 Å². The van der Waals surface area contributed by atoms with E-state index in [9.17, 15) is 4.79 Å². The number of nitrogens with zero attached hydrogens (tertiary/aromatic N) is 2. The zero-order valence-electron chi connectivity index (χ0n) is 16.9. The number of unbranched alkanes of at least 4 members (excludes halogenated alkanes) is 1. The average molecular weight is 398 g/mol. The molecule has 0 bridgehead atoms. The number of halogens is 1. The SMILES string of the molecule is CCCCC(CNC(=O)OC(C)(C)C)NC(=NC)NCc1ccc(Cl)nc1. The number of hydrogen-bond donors (Lipinski definition) is 3. The zero-order chi connectivity index (χ0) is 20.3. The molecule has 0 aliphatic heterocycles. The molecule has 1 rings (SSSR count). The highest BCUT2D eigenvalue weighted by atomic mass is 35.5. The van der Waals surface area contributed by atoms with Crippen molar-refractivity contribution in [2.24, 2.45) is 4.99 Å². The lowest BCUT2D eigenvalue weighted by molar-refractivity contribution is 0.0523. The van der Waals surface area contributed by atoms with E-state index in [0.29, 0.717) is 24.2 Å². The molecule has 0 aromatic carbocycles. The molecule has 3 N–H and O–H groups in total. The molecule has 0 aliphatic carbocycles. The molecule has 0 spiro atoms. The van der Waals surface area contributed by atoms with Crippen molar-refractivity contribution in [1.29, 1.82) is 0 Å². The summed E-state index contributed by atoms with van der Waals surface area (Å²) in [4.78, 5) is 20.2. The number of nitrogens with one attached hydrogen (secondary N) is 3. The van der Waals surface area contributed by atoms with E-state index in [1.165, 1.54) is 0 Å². The van der Waals surface area contributed by atoms with Crippen LogP contribution in [0.2, 0.25) is 5.15 Å². The highest BCUT2D eigenvalue weighted by Crippen LogP contribution is 2.07. The average Bonchev–Trinajstić information content (AvgIpc) is 2.60. The van der Waals surface area contributed by atoms with E-state index < -0.39 is 11.7 Å². The van der Waals surface area contributed by atoms with Crippen LogP contribution in [0, 0.1) is 0 Å². The minimum absolute atomic E-state index is 0.0482. The number of pyridine rings is 1. The first-order valence-corrected chi connectivity index (χ1v) is 9.65. The molecule has 8 heteroatoms. The lowest BCUT2D eigenvalue weighted by Gasteiger charge is -2.24. The smallest absolute Gasteiger partial charge is 0.407 e. The lowest BCUT2D eigenvalue weighted by atomic mass is 10.1. The number of rotatable bonds is 8. The maximum atomic E-state index is 11.9. The van der Waals surface area contributed by atoms with E-state index >= 15 is 0 Å². The van der Waals surface area contributed by atoms with Gasteiger partial charge in [0.1, 0.15) is 10.8 Å². The van der Waals surface area contributed by atoms with Crippen LogP contribution in [0.1, 0.15) is 52.5 Å². The van der Waals surface area contributed by atoms with Crippen LogP contribution in [0.4, 0.5) is 4.79 Å². The molecule has 7 nitrogen and oxygen atoms in total. The van der Waals surface area contributed by atoms with Gasteiger partial charge < -0.3 is 20.7 Å². The van der Waals surface area contributed by atoms with Gasteiger partial charge in [-0.05, 0) is 38.8 Å². The zero-order valence-corrected chi connectivity index (χ0v) is 17.7. The molecule has 1 unspecified atom stereocenters. The van der Waals surface area contributed by atoms with Crippen molar-refractivity contribution in [3.8, 4) is 0 Å². The summed E-state index contributed by atoms with van der Waals surface area (Å²) in [6, 6.07) is 3.71. The number of ether oxygens (including phenoxy) is 1. The number of aromatic nitrogens is 1. The predicted molar refractivity (Wildman–Crippen MR) is 110 cm³/mol. The molecule has 1 amide bonds. The van der Waals surface area contributed by atoms with Crippen molar-refractivity contribution in [2.45, 2.75) is 65.1 Å². The Hall–Kier alpha value is -2.02. The fraction of sp³-hybridized carbons (Fsp3) is 0.632. The van der Waals surface area contributed by atoms with E-state index in [1.54, 1.807) is 19.3 Å². The van der Waals surface area contributed by atoms with E-state index in [2.05, 4.69) is 32.9 Å². The van der Waals surface area contributed by atoms with Crippen molar-refractivity contribution >= 4 is 23.7 Å². The molecule has 1 heterocycles. The summed E-state index contributed by atoms with van der Waals surface area (Å²) < 4.78 is 5.30. The third kappa shape index (κ3) is 10.7. The van der Waals surface area contributed by atoms with Gasteiger partial charge in [-0.3, -0.25) is 4.99 Å². The largest absolute Gasteiger partial charge is 0.444 e. The fourth-order valence-corrected chi connectivity index (χ4v) is 2.39. The number of guanidine groups is 1. The van der Waals surface area contributed by atoms with Crippen LogP contribution >= 0.6 is 11.6 Å². The standard InChI is InChI=1S/C19H32ClN5O2/c1-6-7-8-15(13-24-18(26)27-19(2,3)4)25-17(21-5)23-12-14-9-10-16(20)22-11-14/h9-11,15H,6-8,12-13H2,1-5H3,(H,24,26)(H2,21,23,25). The number of carbonyl (C=O) groups excluding carboxylic acids is 1. The molecule has 27 heavy (non-hydrogen) atoms. The predicted octanol–water partition coefficient (Wildman–Crippen LogP) is 3.48. The van der Waals surface area contributed by atoms with Crippen molar-refractivity contribution in [3.63, 3.8) is 0 Å². The Morgan fingerprint density at radius 1 is 1.33 bits per heavy atom. The van der Waals surface area contributed by atoms with E-state index in [0.717, 1.165) is 24.8 Å². The third-order valence-electron chi connectivity index (χ3n) is 3.61. The lowest BCUT2D eigenvalue weighted by Crippen LogP contribution is -2.48. The molecule has 0 saturated carbocycles. The Balaban J connectivity index is 2.55. The molecule has 1 aromatic heterocycles. The molecule has 1 aromatic rings. The van der Waals surface area contributed by atoms with Gasteiger partial charge in [0.15, 0.2) is 5.96 Å². The van der Waals surface area contributed by atoms with Crippen LogP contribution in [0.25, 0.3) is 0 Å². The number of alkyl carbamates (subject to hydrolysis) is 1. The van der Waals surface area contributed by atoms with E-state index in [1.807, 2.05) is 26.8 Å². The quantitative estimate of drug-likeness (QED) is 0.355. The van der Waals surface area contributed by atoms with Crippen molar-refractivity contribution in [2.75, 3.05) is 13.6 Å². The van der Waals surface area contributed by atoms with Crippen LogP contribution < -0.4 is 16.0 Å². The monoisotopic (exact) mass is 397 g/mol. The maximum Gasteiger partial charge on any atom is 0.407 e. The number of amides is 1. The summed E-state index contributed by atoms with van der Waals surface area (Å²) in [5.74, 6) is 0.664. The first-order chi connectivity index (χ1) is 12.7. The molecule has 0 saturated heterocycles. The van der Waals surface area contributed by atoms with Gasteiger partial charge in [0.05, 0.1) is 0 Å². The van der Waals surface area contributed by atoms with E-state index in [4.69, 9.17) is 16.3 Å². The molecule has 0 radical (unpaired) electrons. The summed E-state index contributed by atoms with van der Waals surface area (Å²) >= 11 is 5.81. The maximum absolute atomic E-state index is 11.9. The minimum Gasteiger partial charge on any atom is -0.444 e. The molecule has 152 valence electrons. The fourth-order valence-electron chi connectivity index (χ4n) is 2.28. The summed E-state index contributed by atoms with van der Waals surface area (Å²) in [6.45, 7) is 8.70. The molecular formula is C19H32ClN5O2. The Labute approximate surface area is 167 Å². The van der Waals surface area contributed by atoms with Gasteiger partial charge in [0.25, 0.3) is 0 Å². The van der Waals surface area contributed by atoms with Gasteiger partial charge in [0, 0.05) is 32.4 Å². The van der Waals surface area contributed by atoms with Gasteiger partial charge in [-0.1, -0.05) is 37.4 Å². The van der Waals surface area contributed by atoms with E-state index in [-0.39, 0.29) is 6.04 Å². The first-order valence-electron chi connectivity index (χ1n) is 9.28. The molecule has 0 fully saturated rings. The highest BCUT2D eigenvalue weighted by molar-refractivity contribution is 6.29. The van der Waals surface area contributed by atoms with Crippen LogP contribution in [-0.2, 0) is 11.3 Å². The topological polar surface area (TPSA) is 87.6 Å². The van der Waals surface area contributed by atoms with Crippen LogP contribution in [0.5, 0.6) is 0 Å². The second-order valence-electron chi connectivity index (χ2n) is 7.28. The Morgan fingerprint density at radius 3 is 2.63 bits per heavy atom. The van der Waals surface area contributed by atoms with Gasteiger partial charge in [-0.25, -0.2) is 9.78 Å². The summed E-state index contributed by atoms with van der Waals surface area (Å²) in [6.07, 6.45) is 4.34. The Bertz CT molecular complexity index is 599. The number of aliphatic imine (C=N–C) groups is 1. The van der Waals surface area contributed by atoms with Crippen molar-refractivity contribution in [3.05, 3.63) is 29.0 Å². The highest BCUT2D eigenvalue weighted by Gasteiger charge is 2.18.